The lowest BCUT2D eigenvalue weighted by molar-refractivity contribution is 0.304. The smallest absolute Gasteiger partial charge is 0.142 e. The maximum atomic E-state index is 6.17. The van der Waals surface area contributed by atoms with E-state index in [-0.39, 0.29) is 0 Å². The van der Waals surface area contributed by atoms with Crippen LogP contribution in [-0.4, -0.2) is 0 Å². The van der Waals surface area contributed by atoms with Gasteiger partial charge in [-0.2, -0.15) is 0 Å². The Hall–Kier alpha value is -0.890. The van der Waals surface area contributed by atoms with Gasteiger partial charge in [-0.1, -0.05) is 41.4 Å². The average molecular weight is 330 g/mol. The van der Waals surface area contributed by atoms with E-state index in [9.17, 15) is 0 Å². The summed E-state index contributed by atoms with van der Waals surface area (Å²) in [5, 5.41) is 1.04. The van der Waals surface area contributed by atoms with Gasteiger partial charge in [0.05, 0.1) is 10.9 Å². The molecule has 0 aliphatic heterocycles. The van der Waals surface area contributed by atoms with Crippen molar-refractivity contribution in [2.24, 2.45) is 0 Å². The van der Waals surface area contributed by atoms with Gasteiger partial charge in [0.2, 0.25) is 0 Å². The highest BCUT2D eigenvalue weighted by Gasteiger charge is 2.10. The Kier molecular flexibility index (Phi) is 5.20. The number of aryl methyl sites for hydroxylation is 2. The van der Waals surface area contributed by atoms with E-state index in [1.807, 2.05) is 6.07 Å². The van der Waals surface area contributed by atoms with E-state index in [0.717, 1.165) is 11.1 Å². The molecule has 0 aliphatic carbocycles. The lowest BCUT2D eigenvalue weighted by Crippen LogP contribution is -1.99. The summed E-state index contributed by atoms with van der Waals surface area (Å²) < 4.78 is 5.82. The summed E-state index contributed by atoms with van der Waals surface area (Å²) in [5.74, 6) is 0.909. The van der Waals surface area contributed by atoms with Crippen LogP contribution in [-0.2, 0) is 12.5 Å². The van der Waals surface area contributed by atoms with Crippen molar-refractivity contribution in [3.63, 3.8) is 0 Å². The number of rotatable bonds is 4. The molecular formula is C16H15Cl3O. The van der Waals surface area contributed by atoms with Crippen LogP contribution in [0.5, 0.6) is 5.75 Å². The minimum absolute atomic E-state index is 0.308. The van der Waals surface area contributed by atoms with Crippen molar-refractivity contribution in [3.8, 4) is 5.75 Å². The van der Waals surface area contributed by atoms with Crippen LogP contribution in [0.4, 0.5) is 0 Å². The first-order valence-electron chi connectivity index (χ1n) is 6.24. The Labute approximate surface area is 134 Å². The molecule has 0 fully saturated rings. The SMILES string of the molecule is Cc1ccc(COc2c(Cl)cc(Cl)cc2CCl)cc1C. The molecule has 20 heavy (non-hydrogen) atoms. The molecule has 0 N–H and O–H groups in total. The molecule has 2 aromatic carbocycles. The predicted molar refractivity (Wildman–Crippen MR) is 86.3 cm³/mol. The number of ether oxygens (including phenoxy) is 1. The predicted octanol–water partition coefficient (Wildman–Crippen LogP) is 5.93. The molecule has 0 radical (unpaired) electrons. The van der Waals surface area contributed by atoms with Crippen molar-refractivity contribution in [3.05, 3.63) is 62.6 Å². The molecular weight excluding hydrogens is 315 g/mol. The highest BCUT2D eigenvalue weighted by molar-refractivity contribution is 6.36. The fraction of sp³-hybridized carbons (Fsp3) is 0.250. The third kappa shape index (κ3) is 3.60. The van der Waals surface area contributed by atoms with Gasteiger partial charge in [-0.3, -0.25) is 0 Å². The molecule has 0 amide bonds. The molecule has 106 valence electrons. The first-order valence-corrected chi connectivity index (χ1v) is 7.53. The van der Waals surface area contributed by atoms with Crippen LogP contribution in [0, 0.1) is 13.8 Å². The largest absolute Gasteiger partial charge is 0.487 e. The number of benzene rings is 2. The highest BCUT2D eigenvalue weighted by Crippen LogP contribution is 2.34. The van der Waals surface area contributed by atoms with Gasteiger partial charge in [0.25, 0.3) is 0 Å². The van der Waals surface area contributed by atoms with E-state index >= 15 is 0 Å². The monoisotopic (exact) mass is 328 g/mol. The second kappa shape index (κ2) is 6.71. The summed E-state index contributed by atoms with van der Waals surface area (Å²) >= 11 is 18.0. The van der Waals surface area contributed by atoms with Gasteiger partial charge in [0.1, 0.15) is 12.4 Å². The molecule has 2 aromatic rings. The Bertz CT molecular complexity index is 623. The summed E-state index contributed by atoms with van der Waals surface area (Å²) in [4.78, 5) is 0. The zero-order valence-corrected chi connectivity index (χ0v) is 13.6. The molecule has 0 heterocycles. The summed E-state index contributed by atoms with van der Waals surface area (Å²) in [6, 6.07) is 9.68. The molecule has 2 rings (SSSR count). The Morgan fingerprint density at radius 3 is 2.40 bits per heavy atom. The maximum absolute atomic E-state index is 6.17. The van der Waals surface area contributed by atoms with Crippen molar-refractivity contribution in [2.45, 2.75) is 26.3 Å². The molecule has 0 bridgehead atoms. The molecule has 0 saturated carbocycles. The number of hydrogen-bond donors (Lipinski definition) is 0. The molecule has 0 unspecified atom stereocenters. The van der Waals surface area contributed by atoms with Crippen LogP contribution >= 0.6 is 34.8 Å². The molecule has 0 aliphatic rings. The molecule has 0 atom stereocenters. The fourth-order valence-electron chi connectivity index (χ4n) is 1.92. The van der Waals surface area contributed by atoms with Gasteiger partial charge >= 0.3 is 0 Å². The van der Waals surface area contributed by atoms with Crippen LogP contribution < -0.4 is 4.74 Å². The zero-order valence-electron chi connectivity index (χ0n) is 11.3. The minimum atomic E-state index is 0.308. The van der Waals surface area contributed by atoms with Crippen LogP contribution in [0.3, 0.4) is 0 Å². The van der Waals surface area contributed by atoms with E-state index in [0.29, 0.717) is 28.3 Å². The molecule has 4 heteroatoms. The zero-order chi connectivity index (χ0) is 14.7. The quantitative estimate of drug-likeness (QED) is 0.632. The second-order valence-corrected chi connectivity index (χ2v) is 5.83. The summed E-state index contributed by atoms with van der Waals surface area (Å²) in [6.07, 6.45) is 0. The van der Waals surface area contributed by atoms with Gasteiger partial charge in [0.15, 0.2) is 0 Å². The Balaban J connectivity index is 2.20. The van der Waals surface area contributed by atoms with Gasteiger partial charge in [-0.15, -0.1) is 11.6 Å². The van der Waals surface area contributed by atoms with Crippen molar-refractivity contribution >= 4 is 34.8 Å². The van der Waals surface area contributed by atoms with Gasteiger partial charge in [-0.25, -0.2) is 0 Å². The van der Waals surface area contributed by atoms with Crippen molar-refractivity contribution in [2.75, 3.05) is 0 Å². The van der Waals surface area contributed by atoms with Crippen LogP contribution in [0.1, 0.15) is 22.3 Å². The van der Waals surface area contributed by atoms with Crippen molar-refractivity contribution in [1.82, 2.24) is 0 Å². The van der Waals surface area contributed by atoms with E-state index in [1.54, 1.807) is 12.1 Å². The number of hydrogen-bond acceptors (Lipinski definition) is 1. The maximum Gasteiger partial charge on any atom is 0.142 e. The first kappa shape index (κ1) is 15.5. The number of halogens is 3. The first-order chi connectivity index (χ1) is 9.51. The summed E-state index contributed by atoms with van der Waals surface area (Å²) in [6.45, 7) is 4.62. The van der Waals surface area contributed by atoms with Gasteiger partial charge in [0, 0.05) is 10.6 Å². The van der Waals surface area contributed by atoms with E-state index in [1.165, 1.54) is 11.1 Å². The van der Waals surface area contributed by atoms with Crippen molar-refractivity contribution in [1.29, 1.82) is 0 Å². The lowest BCUT2D eigenvalue weighted by Gasteiger charge is -2.13. The van der Waals surface area contributed by atoms with E-state index < -0.39 is 0 Å². The lowest BCUT2D eigenvalue weighted by atomic mass is 10.1. The van der Waals surface area contributed by atoms with E-state index in [2.05, 4.69) is 26.0 Å². The molecule has 0 aromatic heterocycles. The minimum Gasteiger partial charge on any atom is -0.487 e. The Morgan fingerprint density at radius 1 is 1.00 bits per heavy atom. The standard InChI is InChI=1S/C16H15Cl3O/c1-10-3-4-12(5-11(10)2)9-20-16-13(8-17)6-14(18)7-15(16)19/h3-7H,8-9H2,1-2H3. The third-order valence-electron chi connectivity index (χ3n) is 3.18. The molecule has 1 nitrogen and oxygen atoms in total. The van der Waals surface area contributed by atoms with Crippen LogP contribution in [0.2, 0.25) is 10.0 Å². The topological polar surface area (TPSA) is 9.23 Å². The Morgan fingerprint density at radius 2 is 1.75 bits per heavy atom. The molecule has 0 spiro atoms. The second-order valence-electron chi connectivity index (χ2n) is 4.72. The van der Waals surface area contributed by atoms with Crippen LogP contribution in [0.25, 0.3) is 0 Å². The molecule has 0 saturated heterocycles. The van der Waals surface area contributed by atoms with E-state index in [4.69, 9.17) is 39.5 Å². The van der Waals surface area contributed by atoms with Gasteiger partial charge in [-0.05, 0) is 42.7 Å². The summed E-state index contributed by atoms with van der Waals surface area (Å²) in [7, 11) is 0. The van der Waals surface area contributed by atoms with Gasteiger partial charge < -0.3 is 4.74 Å². The third-order valence-corrected chi connectivity index (χ3v) is 3.97. The highest BCUT2D eigenvalue weighted by atomic mass is 35.5. The van der Waals surface area contributed by atoms with Crippen LogP contribution in [0.15, 0.2) is 30.3 Å². The normalized spacial score (nSPS) is 10.7. The summed E-state index contributed by atoms with van der Waals surface area (Å²) in [5.41, 5.74) is 4.40. The average Bonchev–Trinajstić information content (AvgIpc) is 2.40. The van der Waals surface area contributed by atoms with Crippen molar-refractivity contribution < 1.29 is 4.74 Å². The fourth-order valence-corrected chi connectivity index (χ4v) is 2.71. The number of alkyl halides is 1.